The number of anilines is 1. The highest BCUT2D eigenvalue weighted by Crippen LogP contribution is 2.28. The number of benzene rings is 3. The van der Waals surface area contributed by atoms with E-state index in [4.69, 9.17) is 4.74 Å². The molecular formula is C21H19N3O3S. The molecule has 142 valence electrons. The van der Waals surface area contributed by atoms with Crippen LogP contribution in [0.2, 0.25) is 0 Å². The molecule has 0 amide bonds. The normalized spacial score (nSPS) is 11.5. The standard InChI is InChI=1S/C21H19N3O3S/c1-15-7-10-17(11-8-15)28(25,26)23-16-9-12-19-18(13-16)22-14-24(19)20-5-3-4-6-21(20)27-2/h3-14,23H,1-2H3. The Hall–Kier alpha value is -3.32. The fourth-order valence-corrected chi connectivity index (χ4v) is 4.08. The van der Waals surface area contributed by atoms with Gasteiger partial charge in [-0.2, -0.15) is 0 Å². The molecule has 0 saturated carbocycles. The van der Waals surface area contributed by atoms with E-state index >= 15 is 0 Å². The van der Waals surface area contributed by atoms with Crippen LogP contribution in [0.1, 0.15) is 5.56 Å². The second kappa shape index (κ2) is 7.01. The van der Waals surface area contributed by atoms with E-state index in [0.717, 1.165) is 22.5 Å². The lowest BCUT2D eigenvalue weighted by Crippen LogP contribution is -2.12. The average Bonchev–Trinajstić information content (AvgIpc) is 3.11. The molecule has 1 N–H and O–H groups in total. The number of nitrogens with one attached hydrogen (secondary N) is 1. The van der Waals surface area contributed by atoms with Crippen LogP contribution in [0.15, 0.2) is 78.0 Å². The second-order valence-corrected chi connectivity index (χ2v) is 8.09. The number of hydrogen-bond acceptors (Lipinski definition) is 4. The van der Waals surface area contributed by atoms with Crippen molar-refractivity contribution in [1.29, 1.82) is 0 Å². The summed E-state index contributed by atoms with van der Waals surface area (Å²) in [6, 6.07) is 19.6. The molecule has 6 nitrogen and oxygen atoms in total. The van der Waals surface area contributed by atoms with Gasteiger partial charge in [0.2, 0.25) is 0 Å². The molecule has 28 heavy (non-hydrogen) atoms. The first kappa shape index (κ1) is 18.1. The van der Waals surface area contributed by atoms with Gasteiger partial charge in [0.15, 0.2) is 0 Å². The zero-order valence-electron chi connectivity index (χ0n) is 15.5. The van der Waals surface area contributed by atoms with Crippen molar-refractivity contribution in [3.63, 3.8) is 0 Å². The summed E-state index contributed by atoms with van der Waals surface area (Å²) >= 11 is 0. The molecule has 0 saturated heterocycles. The van der Waals surface area contributed by atoms with Gasteiger partial charge in [0.05, 0.1) is 34.4 Å². The van der Waals surface area contributed by atoms with E-state index in [1.165, 1.54) is 0 Å². The van der Waals surface area contributed by atoms with Gasteiger partial charge in [-0.1, -0.05) is 29.8 Å². The minimum absolute atomic E-state index is 0.220. The third-order valence-electron chi connectivity index (χ3n) is 4.48. The summed E-state index contributed by atoms with van der Waals surface area (Å²) < 4.78 is 35.2. The van der Waals surface area contributed by atoms with Crippen molar-refractivity contribution in [3.05, 3.63) is 78.6 Å². The first-order valence-electron chi connectivity index (χ1n) is 8.68. The number of nitrogens with zero attached hydrogens (tertiary/aromatic N) is 2. The third-order valence-corrected chi connectivity index (χ3v) is 5.87. The molecule has 0 unspecified atom stereocenters. The quantitative estimate of drug-likeness (QED) is 0.553. The number of rotatable bonds is 5. The number of imidazole rings is 1. The summed E-state index contributed by atoms with van der Waals surface area (Å²) in [5, 5.41) is 0. The summed E-state index contributed by atoms with van der Waals surface area (Å²) in [5.74, 6) is 0.728. The summed E-state index contributed by atoms with van der Waals surface area (Å²) in [7, 11) is -2.04. The Kier molecular flexibility index (Phi) is 4.52. The van der Waals surface area contributed by atoms with Gasteiger partial charge in [-0.05, 0) is 49.4 Å². The fourth-order valence-electron chi connectivity index (χ4n) is 3.03. The SMILES string of the molecule is COc1ccccc1-n1cnc2cc(NS(=O)(=O)c3ccc(C)cc3)ccc21. The van der Waals surface area contributed by atoms with Crippen LogP contribution in [0, 0.1) is 6.92 Å². The zero-order valence-corrected chi connectivity index (χ0v) is 16.3. The van der Waals surface area contributed by atoms with Crippen LogP contribution < -0.4 is 9.46 Å². The van der Waals surface area contributed by atoms with Crippen LogP contribution in [-0.2, 0) is 10.0 Å². The van der Waals surface area contributed by atoms with Crippen molar-refractivity contribution in [3.8, 4) is 11.4 Å². The first-order chi connectivity index (χ1) is 13.5. The Morgan fingerprint density at radius 1 is 1.00 bits per heavy atom. The molecule has 0 radical (unpaired) electrons. The van der Waals surface area contributed by atoms with Gasteiger partial charge in [-0.25, -0.2) is 13.4 Å². The monoisotopic (exact) mass is 393 g/mol. The lowest BCUT2D eigenvalue weighted by molar-refractivity contribution is 0.413. The number of aromatic nitrogens is 2. The van der Waals surface area contributed by atoms with Crippen molar-refractivity contribution in [2.75, 3.05) is 11.8 Å². The Balaban J connectivity index is 1.69. The minimum atomic E-state index is -3.66. The molecule has 0 spiro atoms. The third kappa shape index (κ3) is 3.32. The van der Waals surface area contributed by atoms with Crippen molar-refractivity contribution < 1.29 is 13.2 Å². The molecule has 1 heterocycles. The topological polar surface area (TPSA) is 73.2 Å². The maximum atomic E-state index is 12.6. The number of para-hydroxylation sites is 2. The maximum Gasteiger partial charge on any atom is 0.261 e. The van der Waals surface area contributed by atoms with Crippen LogP contribution in [0.25, 0.3) is 16.7 Å². The molecule has 0 aliphatic rings. The molecule has 0 atom stereocenters. The van der Waals surface area contributed by atoms with E-state index in [9.17, 15) is 8.42 Å². The van der Waals surface area contributed by atoms with Gasteiger partial charge in [0, 0.05) is 0 Å². The molecule has 0 fully saturated rings. The highest BCUT2D eigenvalue weighted by atomic mass is 32.2. The van der Waals surface area contributed by atoms with Gasteiger partial charge in [-0.3, -0.25) is 9.29 Å². The zero-order chi connectivity index (χ0) is 19.7. The van der Waals surface area contributed by atoms with Gasteiger partial charge >= 0.3 is 0 Å². The van der Waals surface area contributed by atoms with Crippen molar-refractivity contribution >= 4 is 26.7 Å². The predicted octanol–water partition coefficient (Wildman–Crippen LogP) is 4.14. The summed E-state index contributed by atoms with van der Waals surface area (Å²) in [4.78, 5) is 4.64. The molecule has 4 aromatic rings. The van der Waals surface area contributed by atoms with E-state index in [1.807, 2.05) is 41.8 Å². The highest BCUT2D eigenvalue weighted by molar-refractivity contribution is 7.92. The lowest BCUT2D eigenvalue weighted by Gasteiger charge is -2.11. The maximum absolute atomic E-state index is 12.6. The van der Waals surface area contributed by atoms with Crippen LogP contribution in [0.4, 0.5) is 5.69 Å². The predicted molar refractivity (Wildman–Crippen MR) is 110 cm³/mol. The average molecular weight is 393 g/mol. The molecular weight excluding hydrogens is 374 g/mol. The van der Waals surface area contributed by atoms with E-state index in [1.54, 1.807) is 49.8 Å². The molecule has 0 aliphatic carbocycles. The Morgan fingerprint density at radius 3 is 2.50 bits per heavy atom. The minimum Gasteiger partial charge on any atom is -0.495 e. The van der Waals surface area contributed by atoms with Crippen LogP contribution >= 0.6 is 0 Å². The number of aryl methyl sites for hydroxylation is 1. The van der Waals surface area contributed by atoms with Gasteiger partial charge in [0.1, 0.15) is 12.1 Å². The second-order valence-electron chi connectivity index (χ2n) is 6.41. The number of fused-ring (bicyclic) bond motifs is 1. The van der Waals surface area contributed by atoms with Crippen LogP contribution in [-0.4, -0.2) is 25.1 Å². The van der Waals surface area contributed by atoms with E-state index in [-0.39, 0.29) is 4.90 Å². The Labute approximate surface area is 163 Å². The largest absolute Gasteiger partial charge is 0.495 e. The van der Waals surface area contributed by atoms with E-state index in [0.29, 0.717) is 11.2 Å². The molecule has 4 rings (SSSR count). The number of sulfonamides is 1. The van der Waals surface area contributed by atoms with Gasteiger partial charge in [-0.15, -0.1) is 0 Å². The summed E-state index contributed by atoms with van der Waals surface area (Å²) in [6.45, 7) is 1.91. The highest BCUT2D eigenvalue weighted by Gasteiger charge is 2.15. The molecule has 0 aliphatic heterocycles. The molecule has 0 bridgehead atoms. The Bertz CT molecular complexity index is 1250. The van der Waals surface area contributed by atoms with Gasteiger partial charge in [0.25, 0.3) is 10.0 Å². The lowest BCUT2D eigenvalue weighted by atomic mass is 10.2. The smallest absolute Gasteiger partial charge is 0.261 e. The van der Waals surface area contributed by atoms with Gasteiger partial charge < -0.3 is 4.74 Å². The number of ether oxygens (including phenoxy) is 1. The number of methoxy groups -OCH3 is 1. The molecule has 7 heteroatoms. The van der Waals surface area contributed by atoms with E-state index < -0.39 is 10.0 Å². The fraction of sp³-hybridized carbons (Fsp3) is 0.0952. The van der Waals surface area contributed by atoms with Crippen molar-refractivity contribution in [2.24, 2.45) is 0 Å². The van der Waals surface area contributed by atoms with Crippen LogP contribution in [0.5, 0.6) is 5.75 Å². The van der Waals surface area contributed by atoms with E-state index in [2.05, 4.69) is 9.71 Å². The first-order valence-corrected chi connectivity index (χ1v) is 10.2. The van der Waals surface area contributed by atoms with Crippen molar-refractivity contribution in [2.45, 2.75) is 11.8 Å². The van der Waals surface area contributed by atoms with Crippen molar-refractivity contribution in [1.82, 2.24) is 9.55 Å². The number of hydrogen-bond donors (Lipinski definition) is 1. The summed E-state index contributed by atoms with van der Waals surface area (Å²) in [6.07, 6.45) is 1.70. The molecule has 3 aromatic carbocycles. The van der Waals surface area contributed by atoms with Crippen LogP contribution in [0.3, 0.4) is 0 Å². The Morgan fingerprint density at radius 2 is 1.75 bits per heavy atom. The summed E-state index contributed by atoms with van der Waals surface area (Å²) in [5.41, 5.74) is 3.85. The molecule has 1 aromatic heterocycles.